The minimum Gasteiger partial charge on any atom is -0.396 e. The number of benzene rings is 2. The van der Waals surface area contributed by atoms with Crippen LogP contribution < -0.4 is 22.1 Å². The predicted octanol–water partition coefficient (Wildman–Crippen LogP) is 3.94. The van der Waals surface area contributed by atoms with Gasteiger partial charge in [-0.2, -0.15) is 0 Å². The van der Waals surface area contributed by atoms with E-state index in [9.17, 15) is 17.6 Å². The zero-order valence-corrected chi connectivity index (χ0v) is 21.6. The van der Waals surface area contributed by atoms with E-state index in [-0.39, 0.29) is 22.2 Å². The van der Waals surface area contributed by atoms with Crippen LogP contribution in [0.25, 0.3) is 11.3 Å². The van der Waals surface area contributed by atoms with Gasteiger partial charge in [-0.25, -0.2) is 27.6 Å². The molecule has 194 valence electrons. The van der Waals surface area contributed by atoms with Crippen LogP contribution in [0.15, 0.2) is 64.6 Å². The largest absolute Gasteiger partial charge is 0.396 e. The number of amides is 2. The molecule has 3 rings (SSSR count). The molecule has 6 N–H and O–H groups in total. The highest BCUT2D eigenvalue weighted by atomic mass is 32.2. The second-order valence-electron chi connectivity index (χ2n) is 9.16. The molecule has 0 atom stereocenters. The number of halogens is 1. The summed E-state index contributed by atoms with van der Waals surface area (Å²) in [5.74, 6) is -0.600. The maximum Gasteiger partial charge on any atom is 0.323 e. The molecule has 3 aromatic rings. The minimum absolute atomic E-state index is 0.0235. The molecule has 0 aliphatic heterocycles. The number of nitrogen functional groups attached to an aromatic ring is 1. The summed E-state index contributed by atoms with van der Waals surface area (Å²) in [5, 5.41) is 5.15. The maximum absolute atomic E-state index is 14.6. The third kappa shape index (κ3) is 7.84. The van der Waals surface area contributed by atoms with Gasteiger partial charge in [0.2, 0.25) is 5.95 Å². The molecule has 0 bridgehead atoms. The van der Waals surface area contributed by atoms with Crippen molar-refractivity contribution in [3.8, 4) is 0 Å². The molecule has 0 radical (unpaired) electrons. The highest BCUT2D eigenvalue weighted by Gasteiger charge is 2.15. The lowest BCUT2D eigenvalue weighted by atomic mass is 10.0. The number of anilines is 3. The number of nitrogens with zero attached hydrogens (tertiary/aromatic N) is 3. The van der Waals surface area contributed by atoms with Gasteiger partial charge in [0.15, 0.2) is 9.84 Å². The first-order chi connectivity index (χ1) is 17.2. The van der Waals surface area contributed by atoms with Crippen molar-refractivity contribution >= 4 is 50.7 Å². The molecule has 0 fully saturated rings. The van der Waals surface area contributed by atoms with Crippen LogP contribution in [-0.2, 0) is 9.84 Å². The number of allylic oxidation sites excluding steroid dienone is 1. The monoisotopic (exact) mass is 525 g/mol. The zero-order valence-electron chi connectivity index (χ0n) is 20.8. The van der Waals surface area contributed by atoms with Crippen molar-refractivity contribution in [3.05, 3.63) is 71.8 Å². The topological polar surface area (TPSA) is 165 Å². The van der Waals surface area contributed by atoms with Crippen LogP contribution in [0.3, 0.4) is 0 Å². The van der Waals surface area contributed by atoms with E-state index < -0.39 is 27.2 Å². The summed E-state index contributed by atoms with van der Waals surface area (Å²) in [5.41, 5.74) is 13.4. The van der Waals surface area contributed by atoms with E-state index in [0.717, 1.165) is 12.3 Å². The van der Waals surface area contributed by atoms with Gasteiger partial charge >= 0.3 is 6.03 Å². The molecule has 12 heteroatoms. The molecule has 37 heavy (non-hydrogen) atoms. The lowest BCUT2D eigenvalue weighted by Gasteiger charge is -2.15. The number of rotatable bonds is 6. The van der Waals surface area contributed by atoms with Crippen LogP contribution in [0.4, 0.5) is 26.5 Å². The van der Waals surface area contributed by atoms with Gasteiger partial charge < -0.3 is 22.1 Å². The standard InChI is InChI=1S/C25H28FN7O3S/c1-25(2,3)30-14-20(22(27)21-9-10-29-23(28)33-21)15-11-16(26)13-18(12-15)32-24(34)31-17-5-7-19(8-6-17)37(4,35)36/h5-14H,27H2,1-4H3,(H2,28,29,33)(H2,31,32,34). The molecule has 0 saturated carbocycles. The van der Waals surface area contributed by atoms with E-state index in [2.05, 4.69) is 25.6 Å². The first-order valence-electron chi connectivity index (χ1n) is 11.0. The van der Waals surface area contributed by atoms with Crippen LogP contribution in [0.1, 0.15) is 32.0 Å². The van der Waals surface area contributed by atoms with Gasteiger partial charge in [-0.1, -0.05) is 0 Å². The molecule has 0 unspecified atom stereocenters. The number of hydrogen-bond donors (Lipinski definition) is 4. The molecular weight excluding hydrogens is 497 g/mol. The van der Waals surface area contributed by atoms with Crippen molar-refractivity contribution in [2.24, 2.45) is 10.7 Å². The van der Waals surface area contributed by atoms with Crippen LogP contribution >= 0.6 is 0 Å². The summed E-state index contributed by atoms with van der Waals surface area (Å²) >= 11 is 0. The third-order valence-electron chi connectivity index (χ3n) is 4.83. The van der Waals surface area contributed by atoms with Gasteiger partial charge in [-0.15, -0.1) is 0 Å². The van der Waals surface area contributed by atoms with E-state index in [4.69, 9.17) is 11.5 Å². The fourth-order valence-corrected chi connectivity index (χ4v) is 3.75. The summed E-state index contributed by atoms with van der Waals surface area (Å²) in [6.45, 7) is 5.68. The van der Waals surface area contributed by atoms with Gasteiger partial charge in [0, 0.05) is 35.6 Å². The first kappa shape index (κ1) is 27.3. The normalized spacial score (nSPS) is 12.8. The number of carbonyl (C=O) groups is 1. The highest BCUT2D eigenvalue weighted by molar-refractivity contribution is 7.90. The smallest absolute Gasteiger partial charge is 0.323 e. The summed E-state index contributed by atoms with van der Waals surface area (Å²) < 4.78 is 37.9. The average Bonchev–Trinajstić information content (AvgIpc) is 2.77. The first-order valence-corrected chi connectivity index (χ1v) is 12.9. The predicted molar refractivity (Wildman–Crippen MR) is 144 cm³/mol. The molecule has 0 spiro atoms. The molecule has 0 aliphatic carbocycles. The van der Waals surface area contributed by atoms with Crippen molar-refractivity contribution in [3.63, 3.8) is 0 Å². The Hall–Kier alpha value is -4.32. The lowest BCUT2D eigenvalue weighted by molar-refractivity contribution is 0.262. The molecule has 0 aliphatic rings. The molecule has 0 saturated heterocycles. The van der Waals surface area contributed by atoms with Gasteiger partial charge in [-0.3, -0.25) is 4.99 Å². The van der Waals surface area contributed by atoms with Gasteiger partial charge in [0.25, 0.3) is 0 Å². The van der Waals surface area contributed by atoms with Gasteiger partial charge in [0.1, 0.15) is 5.82 Å². The van der Waals surface area contributed by atoms with Gasteiger partial charge in [0.05, 0.1) is 21.8 Å². The Morgan fingerprint density at radius 1 is 1.05 bits per heavy atom. The second kappa shape index (κ2) is 10.7. The third-order valence-corrected chi connectivity index (χ3v) is 5.96. The molecule has 2 aromatic carbocycles. The number of nitrogens with two attached hydrogens (primary N) is 2. The number of aromatic nitrogens is 2. The quantitative estimate of drug-likeness (QED) is 0.354. The fraction of sp³-hybridized carbons (Fsp3) is 0.200. The highest BCUT2D eigenvalue weighted by Crippen LogP contribution is 2.26. The summed E-state index contributed by atoms with van der Waals surface area (Å²) in [6, 6.07) is 10.5. The number of carbonyl (C=O) groups excluding carboxylic acids is 1. The van der Waals surface area contributed by atoms with Crippen LogP contribution in [0.2, 0.25) is 0 Å². The van der Waals surface area contributed by atoms with Crippen molar-refractivity contribution in [1.29, 1.82) is 0 Å². The zero-order chi connectivity index (χ0) is 27.4. The average molecular weight is 526 g/mol. The minimum atomic E-state index is -3.37. The van der Waals surface area contributed by atoms with Crippen LogP contribution in [0, 0.1) is 5.82 Å². The Labute approximate surface area is 214 Å². The lowest BCUT2D eigenvalue weighted by Crippen LogP contribution is -2.19. The fourth-order valence-electron chi connectivity index (χ4n) is 3.12. The Balaban J connectivity index is 1.94. The Morgan fingerprint density at radius 3 is 2.30 bits per heavy atom. The van der Waals surface area contributed by atoms with Crippen molar-refractivity contribution in [2.45, 2.75) is 31.2 Å². The SMILES string of the molecule is CC(C)(C)N=CC(=C(N)c1ccnc(N)n1)c1cc(F)cc(NC(=O)Nc2ccc(S(C)(=O)=O)cc2)c1. The maximum atomic E-state index is 14.6. The Morgan fingerprint density at radius 2 is 1.70 bits per heavy atom. The van der Waals surface area contributed by atoms with E-state index >= 15 is 0 Å². The van der Waals surface area contributed by atoms with E-state index in [1.807, 2.05) is 20.8 Å². The number of urea groups is 1. The van der Waals surface area contributed by atoms with E-state index in [1.165, 1.54) is 48.8 Å². The second-order valence-corrected chi connectivity index (χ2v) is 11.2. The van der Waals surface area contributed by atoms with Crippen molar-refractivity contribution in [1.82, 2.24) is 9.97 Å². The summed E-state index contributed by atoms with van der Waals surface area (Å²) in [6.07, 6.45) is 4.06. The Kier molecular flexibility index (Phi) is 7.92. The molecule has 1 aromatic heterocycles. The van der Waals surface area contributed by atoms with E-state index in [0.29, 0.717) is 22.5 Å². The molecule has 10 nitrogen and oxygen atoms in total. The molecule has 2 amide bonds. The van der Waals surface area contributed by atoms with Crippen LogP contribution in [-0.4, -0.2) is 42.4 Å². The molecule has 1 heterocycles. The number of aliphatic imine (C=N–C) groups is 1. The Bertz CT molecular complexity index is 1480. The van der Waals surface area contributed by atoms with Crippen molar-refractivity contribution in [2.75, 3.05) is 22.6 Å². The van der Waals surface area contributed by atoms with Crippen molar-refractivity contribution < 1.29 is 17.6 Å². The van der Waals surface area contributed by atoms with Gasteiger partial charge in [-0.05, 0) is 74.9 Å². The van der Waals surface area contributed by atoms with Crippen LogP contribution in [0.5, 0.6) is 0 Å². The van der Waals surface area contributed by atoms with E-state index in [1.54, 1.807) is 6.07 Å². The summed E-state index contributed by atoms with van der Waals surface area (Å²) in [7, 11) is -3.37. The molecular formula is C25H28FN7O3S. The summed E-state index contributed by atoms with van der Waals surface area (Å²) in [4.78, 5) is 25.2. The number of hydrogen-bond acceptors (Lipinski definition) is 8. The number of sulfone groups is 1. The number of nitrogens with one attached hydrogen (secondary N) is 2.